The maximum atomic E-state index is 11.8. The summed E-state index contributed by atoms with van der Waals surface area (Å²) < 4.78 is 26.1. The average molecular weight is 331 g/mol. The summed E-state index contributed by atoms with van der Waals surface area (Å²) in [6, 6.07) is 6.55. The van der Waals surface area contributed by atoms with E-state index in [2.05, 4.69) is 10.0 Å². The second kappa shape index (κ2) is 8.81. The highest BCUT2D eigenvalue weighted by molar-refractivity contribution is 7.89. The Labute approximate surface area is 130 Å². The molecule has 1 rings (SSSR count). The first-order valence-corrected chi connectivity index (χ1v) is 8.56. The Kier molecular flexibility index (Phi) is 7.42. The smallest absolute Gasteiger partial charge is 0.243 e. The molecule has 1 aromatic carbocycles. The minimum Gasteiger partial charge on any atom is -0.352 e. The Morgan fingerprint density at radius 1 is 1.24 bits per heavy atom. The summed E-state index contributed by atoms with van der Waals surface area (Å²) in [5.74, 6) is 0.0884. The summed E-state index contributed by atoms with van der Waals surface area (Å²) in [5, 5.41) is 2.73. The van der Waals surface area contributed by atoms with E-state index in [4.69, 9.17) is 11.6 Å². The average Bonchev–Trinajstić information content (AvgIpc) is 2.46. The number of alkyl halides is 1. The lowest BCUT2D eigenvalue weighted by Crippen LogP contribution is -2.25. The van der Waals surface area contributed by atoms with Crippen LogP contribution in [0.1, 0.15) is 12.5 Å². The van der Waals surface area contributed by atoms with Crippen LogP contribution in [0.5, 0.6) is 0 Å². The molecule has 116 valence electrons. The summed E-state index contributed by atoms with van der Waals surface area (Å²) in [6.07, 6.45) is 3.76. The van der Waals surface area contributed by atoms with Gasteiger partial charge in [0.05, 0.1) is 4.90 Å². The Hall–Kier alpha value is -1.37. The van der Waals surface area contributed by atoms with Crippen molar-refractivity contribution in [3.05, 3.63) is 42.0 Å². The summed E-state index contributed by atoms with van der Waals surface area (Å²) in [7, 11) is -3.49. The van der Waals surface area contributed by atoms with Gasteiger partial charge in [-0.2, -0.15) is 0 Å². The Bertz CT molecular complexity index is 583. The summed E-state index contributed by atoms with van der Waals surface area (Å²) in [6.45, 7) is 2.47. The molecule has 0 saturated carbocycles. The lowest BCUT2D eigenvalue weighted by Gasteiger charge is -2.07. The number of allylic oxidation sites excluding steroid dienone is 1. The SMILES string of the molecule is CC=CC(=O)NCCc1ccc(S(=O)(=O)NCCCl)cc1. The van der Waals surface area contributed by atoms with E-state index in [1.165, 1.54) is 6.08 Å². The van der Waals surface area contributed by atoms with Crippen LogP contribution in [-0.2, 0) is 21.2 Å². The monoisotopic (exact) mass is 330 g/mol. The molecule has 0 aliphatic carbocycles. The minimum absolute atomic E-state index is 0.137. The fraction of sp³-hybridized carbons (Fsp3) is 0.357. The first-order chi connectivity index (χ1) is 9.99. The third-order valence-corrected chi connectivity index (χ3v) is 4.32. The molecule has 0 spiro atoms. The second-order valence-electron chi connectivity index (χ2n) is 4.27. The van der Waals surface area contributed by atoms with Crippen LogP contribution in [0.4, 0.5) is 0 Å². The van der Waals surface area contributed by atoms with Gasteiger partial charge >= 0.3 is 0 Å². The molecule has 2 N–H and O–H groups in total. The maximum Gasteiger partial charge on any atom is 0.243 e. The largest absolute Gasteiger partial charge is 0.352 e. The molecule has 7 heteroatoms. The molecule has 5 nitrogen and oxygen atoms in total. The highest BCUT2D eigenvalue weighted by Crippen LogP contribution is 2.10. The van der Waals surface area contributed by atoms with E-state index < -0.39 is 10.0 Å². The Balaban J connectivity index is 2.56. The molecule has 0 aliphatic heterocycles. The fourth-order valence-electron chi connectivity index (χ4n) is 1.63. The van der Waals surface area contributed by atoms with Crippen molar-refractivity contribution in [3.63, 3.8) is 0 Å². The van der Waals surface area contributed by atoms with Crippen molar-refractivity contribution in [2.45, 2.75) is 18.2 Å². The van der Waals surface area contributed by atoms with Crippen molar-refractivity contribution in [1.29, 1.82) is 0 Å². The summed E-state index contributed by atoms with van der Waals surface area (Å²) >= 11 is 5.46. The van der Waals surface area contributed by atoms with Crippen LogP contribution in [0.2, 0.25) is 0 Å². The van der Waals surface area contributed by atoms with Crippen molar-refractivity contribution in [3.8, 4) is 0 Å². The number of halogens is 1. The normalized spacial score (nSPS) is 11.7. The van der Waals surface area contributed by atoms with Crippen LogP contribution in [0.3, 0.4) is 0 Å². The first-order valence-electron chi connectivity index (χ1n) is 6.54. The van der Waals surface area contributed by atoms with Gasteiger partial charge in [0.25, 0.3) is 0 Å². The van der Waals surface area contributed by atoms with Crippen molar-refractivity contribution in [2.24, 2.45) is 0 Å². The number of hydrogen-bond donors (Lipinski definition) is 2. The zero-order valence-corrected chi connectivity index (χ0v) is 13.4. The number of benzene rings is 1. The molecule has 21 heavy (non-hydrogen) atoms. The molecular formula is C14H19ClN2O3S. The van der Waals surface area contributed by atoms with E-state index in [1.54, 1.807) is 37.3 Å². The summed E-state index contributed by atoms with van der Waals surface area (Å²) in [5.41, 5.74) is 0.951. The quantitative estimate of drug-likeness (QED) is 0.559. The van der Waals surface area contributed by atoms with E-state index in [9.17, 15) is 13.2 Å². The molecule has 0 fully saturated rings. The maximum absolute atomic E-state index is 11.8. The van der Waals surface area contributed by atoms with Crippen LogP contribution < -0.4 is 10.0 Å². The third-order valence-electron chi connectivity index (χ3n) is 2.65. The lowest BCUT2D eigenvalue weighted by atomic mass is 10.1. The topological polar surface area (TPSA) is 75.3 Å². The van der Waals surface area contributed by atoms with Gasteiger partial charge in [0, 0.05) is 19.0 Å². The molecule has 0 radical (unpaired) electrons. The number of amides is 1. The number of rotatable bonds is 8. The zero-order valence-electron chi connectivity index (χ0n) is 11.8. The van der Waals surface area contributed by atoms with Gasteiger partial charge < -0.3 is 5.32 Å². The predicted molar refractivity (Wildman–Crippen MR) is 83.9 cm³/mol. The fourth-order valence-corrected chi connectivity index (χ4v) is 2.87. The van der Waals surface area contributed by atoms with E-state index in [1.807, 2.05) is 0 Å². The zero-order chi connectivity index (χ0) is 15.7. The third kappa shape index (κ3) is 6.29. The van der Waals surface area contributed by atoms with Crippen LogP contribution in [0, 0.1) is 0 Å². The van der Waals surface area contributed by atoms with Gasteiger partial charge in [0.1, 0.15) is 0 Å². The summed E-state index contributed by atoms with van der Waals surface area (Å²) in [4.78, 5) is 11.4. The van der Waals surface area contributed by atoms with Crippen molar-refractivity contribution in [2.75, 3.05) is 19.0 Å². The highest BCUT2D eigenvalue weighted by Gasteiger charge is 2.12. The van der Waals surface area contributed by atoms with E-state index in [0.29, 0.717) is 13.0 Å². The van der Waals surface area contributed by atoms with Crippen LogP contribution in [0.25, 0.3) is 0 Å². The van der Waals surface area contributed by atoms with Crippen molar-refractivity contribution >= 4 is 27.5 Å². The number of carbonyl (C=O) groups excluding carboxylic acids is 1. The number of hydrogen-bond acceptors (Lipinski definition) is 3. The molecule has 0 saturated heterocycles. The van der Waals surface area contributed by atoms with Gasteiger partial charge in [-0.25, -0.2) is 13.1 Å². The first kappa shape index (κ1) is 17.7. The van der Waals surface area contributed by atoms with Crippen LogP contribution in [-0.4, -0.2) is 33.3 Å². The number of nitrogens with one attached hydrogen (secondary N) is 2. The van der Waals surface area contributed by atoms with Crippen LogP contribution in [0.15, 0.2) is 41.3 Å². The Morgan fingerprint density at radius 2 is 1.90 bits per heavy atom. The van der Waals surface area contributed by atoms with Crippen LogP contribution >= 0.6 is 11.6 Å². The lowest BCUT2D eigenvalue weighted by molar-refractivity contribution is -0.116. The van der Waals surface area contributed by atoms with Gasteiger partial charge in [-0.1, -0.05) is 18.2 Å². The predicted octanol–water partition coefficient (Wildman–Crippen LogP) is 1.44. The molecule has 1 amide bonds. The van der Waals surface area contributed by atoms with E-state index >= 15 is 0 Å². The van der Waals surface area contributed by atoms with Gasteiger partial charge in [-0.15, -0.1) is 11.6 Å². The van der Waals surface area contributed by atoms with Gasteiger partial charge in [0.15, 0.2) is 0 Å². The van der Waals surface area contributed by atoms with E-state index in [0.717, 1.165) is 5.56 Å². The molecular weight excluding hydrogens is 312 g/mol. The second-order valence-corrected chi connectivity index (χ2v) is 6.42. The molecule has 0 aliphatic rings. The molecule has 0 atom stereocenters. The standard InChI is InChI=1S/C14H19ClN2O3S/c1-2-3-14(18)16-10-8-12-4-6-13(7-5-12)21(19,20)17-11-9-15/h2-7,17H,8-11H2,1H3,(H,16,18). The van der Waals surface area contributed by atoms with Gasteiger partial charge in [-0.05, 0) is 37.1 Å². The van der Waals surface area contributed by atoms with Gasteiger partial charge in [0.2, 0.25) is 15.9 Å². The molecule has 0 heterocycles. The molecule has 0 bridgehead atoms. The number of sulfonamides is 1. The van der Waals surface area contributed by atoms with Crippen molar-refractivity contribution < 1.29 is 13.2 Å². The Morgan fingerprint density at radius 3 is 2.48 bits per heavy atom. The number of carbonyl (C=O) groups is 1. The molecule has 0 unspecified atom stereocenters. The molecule has 1 aromatic rings. The highest BCUT2D eigenvalue weighted by atomic mass is 35.5. The van der Waals surface area contributed by atoms with Gasteiger partial charge in [-0.3, -0.25) is 4.79 Å². The minimum atomic E-state index is -3.49. The van der Waals surface area contributed by atoms with E-state index in [-0.39, 0.29) is 23.2 Å². The van der Waals surface area contributed by atoms with Crippen molar-refractivity contribution in [1.82, 2.24) is 10.0 Å². The molecule has 0 aromatic heterocycles.